The fraction of sp³-hybridized carbons (Fsp3) is 0.111. The summed E-state index contributed by atoms with van der Waals surface area (Å²) in [7, 11) is 0. The Morgan fingerprint density at radius 3 is 1.73 bits per heavy atom. The van der Waals surface area contributed by atoms with Crippen LogP contribution >= 0.6 is 0 Å². The van der Waals surface area contributed by atoms with Gasteiger partial charge in [0.05, 0.1) is 11.4 Å². The van der Waals surface area contributed by atoms with Crippen LogP contribution in [0.3, 0.4) is 0 Å². The fourth-order valence-electron chi connectivity index (χ4n) is 5.47. The molecule has 1 aliphatic heterocycles. The Hall–Kier alpha value is -5.34. The second-order valence-corrected chi connectivity index (χ2v) is 10.0. The predicted molar refractivity (Wildman–Crippen MR) is 165 cm³/mol. The third-order valence-corrected chi connectivity index (χ3v) is 7.50. The Balaban J connectivity index is 1.41. The summed E-state index contributed by atoms with van der Waals surface area (Å²) >= 11 is 0. The van der Waals surface area contributed by atoms with Gasteiger partial charge >= 0.3 is 0 Å². The highest BCUT2D eigenvalue weighted by molar-refractivity contribution is 6.03. The number of benzene rings is 4. The number of aromatic nitrogens is 1. The monoisotopic (exact) mass is 534 g/mol. The van der Waals surface area contributed by atoms with Crippen LogP contribution < -0.4 is 4.90 Å². The molecule has 0 bridgehead atoms. The molecule has 0 N–H and O–H groups in total. The highest BCUT2D eigenvalue weighted by Crippen LogP contribution is 2.37. The van der Waals surface area contributed by atoms with Crippen LogP contribution in [0.15, 0.2) is 133 Å². The van der Waals surface area contributed by atoms with Crippen molar-refractivity contribution in [3.63, 3.8) is 0 Å². The molecule has 41 heavy (non-hydrogen) atoms. The van der Waals surface area contributed by atoms with Crippen LogP contribution in [-0.2, 0) is 4.79 Å². The number of nitrogens with zero attached hydrogens (tertiary/aromatic N) is 4. The van der Waals surface area contributed by atoms with Crippen LogP contribution in [0.5, 0.6) is 0 Å². The molecule has 0 aliphatic carbocycles. The van der Waals surface area contributed by atoms with Crippen molar-refractivity contribution >= 4 is 17.7 Å². The quantitative estimate of drug-likeness (QED) is 0.173. The lowest BCUT2D eigenvalue weighted by atomic mass is 10.0. The molecule has 5 heteroatoms. The van der Waals surface area contributed by atoms with E-state index >= 15 is 0 Å². The van der Waals surface area contributed by atoms with Crippen molar-refractivity contribution in [3.8, 4) is 34.3 Å². The normalized spacial score (nSPS) is 13.6. The highest BCUT2D eigenvalue weighted by atomic mass is 16.2. The molecule has 0 atom stereocenters. The van der Waals surface area contributed by atoms with E-state index in [4.69, 9.17) is 0 Å². The van der Waals surface area contributed by atoms with Crippen LogP contribution in [0.25, 0.3) is 34.3 Å². The van der Waals surface area contributed by atoms with E-state index in [1.54, 1.807) is 11.0 Å². The predicted octanol–water partition coefficient (Wildman–Crippen LogP) is 7.07. The molecule has 5 nitrogen and oxygen atoms in total. The minimum absolute atomic E-state index is 0.139. The summed E-state index contributed by atoms with van der Waals surface area (Å²) in [6.45, 7) is 2.59. The van der Waals surface area contributed by atoms with Crippen molar-refractivity contribution in [1.82, 2.24) is 9.47 Å². The summed E-state index contributed by atoms with van der Waals surface area (Å²) in [6, 6.07) is 45.1. The highest BCUT2D eigenvalue weighted by Gasteiger charge is 2.25. The second kappa shape index (κ2) is 11.8. The van der Waals surface area contributed by atoms with Crippen molar-refractivity contribution < 1.29 is 4.79 Å². The third-order valence-electron chi connectivity index (χ3n) is 7.50. The Morgan fingerprint density at radius 1 is 0.659 bits per heavy atom. The van der Waals surface area contributed by atoms with E-state index < -0.39 is 0 Å². The number of nitriles is 1. The minimum atomic E-state index is -0.229. The summed E-state index contributed by atoms with van der Waals surface area (Å²) in [4.78, 5) is 17.7. The van der Waals surface area contributed by atoms with Crippen molar-refractivity contribution in [1.29, 1.82) is 5.26 Å². The maximum absolute atomic E-state index is 13.7. The molecule has 0 saturated carbocycles. The smallest absolute Gasteiger partial charge is 0.264 e. The molecule has 4 aromatic carbocycles. The van der Waals surface area contributed by atoms with E-state index in [9.17, 15) is 10.1 Å². The van der Waals surface area contributed by atoms with E-state index in [2.05, 4.69) is 70.1 Å². The number of para-hydroxylation sites is 2. The molecule has 1 amide bonds. The van der Waals surface area contributed by atoms with Crippen molar-refractivity contribution in [2.45, 2.75) is 0 Å². The van der Waals surface area contributed by atoms with E-state index in [1.807, 2.05) is 72.8 Å². The van der Waals surface area contributed by atoms with Crippen LogP contribution in [0.4, 0.5) is 5.69 Å². The number of hydrogen-bond donors (Lipinski definition) is 0. The van der Waals surface area contributed by atoms with Gasteiger partial charge < -0.3 is 14.4 Å². The van der Waals surface area contributed by atoms with Crippen LogP contribution in [0.1, 0.15) is 5.56 Å². The molecule has 1 aliphatic rings. The molecule has 6 rings (SSSR count). The van der Waals surface area contributed by atoms with Gasteiger partial charge in [-0.25, -0.2) is 0 Å². The number of piperazine rings is 1. The number of rotatable bonds is 6. The molecule has 1 saturated heterocycles. The van der Waals surface area contributed by atoms with Crippen molar-refractivity contribution in [2.75, 3.05) is 31.1 Å². The summed E-state index contributed by atoms with van der Waals surface area (Å²) in [5, 5.41) is 10.2. The van der Waals surface area contributed by atoms with E-state index in [-0.39, 0.29) is 11.5 Å². The minimum Gasteiger partial charge on any atom is -0.368 e. The second-order valence-electron chi connectivity index (χ2n) is 10.0. The maximum atomic E-state index is 13.7. The Kier molecular flexibility index (Phi) is 7.46. The van der Waals surface area contributed by atoms with Gasteiger partial charge in [0.25, 0.3) is 5.91 Å². The number of anilines is 1. The summed E-state index contributed by atoms with van der Waals surface area (Å²) in [5.41, 5.74) is 7.10. The lowest BCUT2D eigenvalue weighted by molar-refractivity contribution is -0.126. The Morgan fingerprint density at radius 2 is 1.17 bits per heavy atom. The zero-order valence-corrected chi connectivity index (χ0v) is 22.7. The molecule has 1 aromatic heterocycles. The Labute approximate surface area is 240 Å². The molecular formula is C36H30N4O. The molecule has 200 valence electrons. The number of amides is 1. The summed E-state index contributed by atoms with van der Waals surface area (Å²) < 4.78 is 2.22. The van der Waals surface area contributed by atoms with Gasteiger partial charge in [0.15, 0.2) is 0 Å². The topological polar surface area (TPSA) is 52.3 Å². The molecule has 0 unspecified atom stereocenters. The fourth-order valence-corrected chi connectivity index (χ4v) is 5.47. The van der Waals surface area contributed by atoms with Gasteiger partial charge in [0.2, 0.25) is 0 Å². The number of hydrogen-bond acceptors (Lipinski definition) is 3. The van der Waals surface area contributed by atoms with Gasteiger partial charge in [-0.15, -0.1) is 0 Å². The first-order chi connectivity index (χ1) is 20.2. The first-order valence-electron chi connectivity index (χ1n) is 13.9. The van der Waals surface area contributed by atoms with Gasteiger partial charge in [0.1, 0.15) is 11.6 Å². The van der Waals surface area contributed by atoms with Gasteiger partial charge in [-0.1, -0.05) is 97.1 Å². The Bertz CT molecular complexity index is 1690. The lowest BCUT2D eigenvalue weighted by Crippen LogP contribution is -2.49. The standard InChI is InChI=1S/C36H30N4O/c37-27-31(36(41)39-23-21-38(22-24-39)32-17-9-3-10-18-32)25-30-26-34(28-13-5-1-6-14-28)40(33-19-11-4-12-20-33)35(30)29-15-7-2-8-16-29/h1-20,25-26H,21-24H2/b31-25+. The molecule has 1 fully saturated rings. The molecule has 0 radical (unpaired) electrons. The van der Waals surface area contributed by atoms with Crippen LogP contribution in [-0.4, -0.2) is 41.6 Å². The van der Waals surface area contributed by atoms with E-state index in [1.165, 1.54) is 0 Å². The van der Waals surface area contributed by atoms with Crippen molar-refractivity contribution in [2.24, 2.45) is 0 Å². The summed E-state index contributed by atoms with van der Waals surface area (Å²) in [5.74, 6) is -0.229. The average molecular weight is 535 g/mol. The summed E-state index contributed by atoms with van der Waals surface area (Å²) in [6.07, 6.45) is 1.76. The maximum Gasteiger partial charge on any atom is 0.264 e. The molecular weight excluding hydrogens is 504 g/mol. The number of carbonyl (C=O) groups excluding carboxylic acids is 1. The molecule has 5 aromatic rings. The first kappa shape index (κ1) is 25.9. The molecule has 0 spiro atoms. The van der Waals surface area contributed by atoms with Crippen molar-refractivity contribution in [3.05, 3.63) is 139 Å². The van der Waals surface area contributed by atoms with Gasteiger partial charge in [-0.2, -0.15) is 5.26 Å². The van der Waals surface area contributed by atoms with Crippen LogP contribution in [0, 0.1) is 11.3 Å². The number of carbonyl (C=O) groups is 1. The van der Waals surface area contributed by atoms with Crippen LogP contribution in [0.2, 0.25) is 0 Å². The lowest BCUT2D eigenvalue weighted by Gasteiger charge is -2.36. The van der Waals surface area contributed by atoms with E-state index in [0.29, 0.717) is 13.1 Å². The van der Waals surface area contributed by atoms with E-state index in [0.717, 1.165) is 52.5 Å². The first-order valence-corrected chi connectivity index (χ1v) is 13.9. The largest absolute Gasteiger partial charge is 0.368 e. The zero-order valence-electron chi connectivity index (χ0n) is 22.7. The molecule has 2 heterocycles. The average Bonchev–Trinajstić information content (AvgIpc) is 3.44. The van der Waals surface area contributed by atoms with Gasteiger partial charge in [0, 0.05) is 43.1 Å². The van der Waals surface area contributed by atoms with Gasteiger partial charge in [-0.05, 0) is 47.5 Å². The SMILES string of the molecule is N#C/C(=C\c1cc(-c2ccccc2)n(-c2ccccc2)c1-c1ccccc1)C(=O)N1CCN(c2ccccc2)CC1. The third kappa shape index (κ3) is 5.41. The zero-order chi connectivity index (χ0) is 28.0. The van der Waals surface area contributed by atoms with Gasteiger partial charge in [-0.3, -0.25) is 4.79 Å².